The highest BCUT2D eigenvalue weighted by molar-refractivity contribution is 5.75. The number of hydrogen-bond acceptors (Lipinski definition) is 2. The summed E-state index contributed by atoms with van der Waals surface area (Å²) in [6.07, 6.45) is 4.69. The molecule has 1 aromatic carbocycles. The molecule has 2 aliphatic rings. The summed E-state index contributed by atoms with van der Waals surface area (Å²) in [5.41, 5.74) is 2.04. The normalized spacial score (nSPS) is 24.7. The van der Waals surface area contributed by atoms with E-state index in [-0.39, 0.29) is 30.4 Å². The first-order valence-electron chi connectivity index (χ1n) is 8.12. The summed E-state index contributed by atoms with van der Waals surface area (Å²) in [6.45, 7) is 1.46. The van der Waals surface area contributed by atoms with Gasteiger partial charge in [-0.15, -0.1) is 0 Å². The van der Waals surface area contributed by atoms with Crippen LogP contribution in [0.5, 0.6) is 0 Å². The summed E-state index contributed by atoms with van der Waals surface area (Å²) in [5.74, 6) is -0.0752. The van der Waals surface area contributed by atoms with Gasteiger partial charge in [-0.05, 0) is 61.3 Å². The summed E-state index contributed by atoms with van der Waals surface area (Å²) in [4.78, 5) is 14.2. The van der Waals surface area contributed by atoms with Crippen LogP contribution in [-0.2, 0) is 6.42 Å². The lowest BCUT2D eigenvalue weighted by Crippen LogP contribution is -2.47. The number of aliphatic hydroxyl groups excluding tert-OH is 1. The van der Waals surface area contributed by atoms with Crippen LogP contribution >= 0.6 is 0 Å². The van der Waals surface area contributed by atoms with Crippen molar-refractivity contribution >= 4 is 6.03 Å². The van der Waals surface area contributed by atoms with Gasteiger partial charge in [-0.2, -0.15) is 0 Å². The lowest BCUT2D eigenvalue weighted by Gasteiger charge is -2.34. The van der Waals surface area contributed by atoms with E-state index in [1.165, 1.54) is 6.07 Å². The average Bonchev–Trinajstić information content (AvgIpc) is 2.55. The molecule has 22 heavy (non-hydrogen) atoms. The summed E-state index contributed by atoms with van der Waals surface area (Å²) < 4.78 is 13.5. The number of carbonyl (C=O) groups is 1. The van der Waals surface area contributed by atoms with Gasteiger partial charge in [0, 0.05) is 19.7 Å². The number of piperidine rings is 1. The molecule has 120 valence electrons. The van der Waals surface area contributed by atoms with Crippen LogP contribution in [0.2, 0.25) is 0 Å². The van der Waals surface area contributed by atoms with Gasteiger partial charge in [0.15, 0.2) is 0 Å². The molecule has 1 heterocycles. The topological polar surface area (TPSA) is 52.6 Å². The molecule has 0 radical (unpaired) electrons. The van der Waals surface area contributed by atoms with Crippen LogP contribution in [0.3, 0.4) is 0 Å². The molecule has 1 saturated heterocycles. The first-order valence-corrected chi connectivity index (χ1v) is 8.12. The zero-order valence-electron chi connectivity index (χ0n) is 12.7. The average molecular weight is 306 g/mol. The molecule has 0 bridgehead atoms. The van der Waals surface area contributed by atoms with Crippen LogP contribution in [0.1, 0.15) is 42.9 Å². The fourth-order valence-corrected chi connectivity index (χ4v) is 3.56. The molecule has 0 saturated carbocycles. The molecule has 1 aliphatic heterocycles. The van der Waals surface area contributed by atoms with Crippen molar-refractivity contribution in [2.24, 2.45) is 5.92 Å². The molecule has 0 spiro atoms. The third-order valence-corrected chi connectivity index (χ3v) is 4.78. The minimum absolute atomic E-state index is 0.0970. The Morgan fingerprint density at radius 3 is 3.05 bits per heavy atom. The number of likely N-dealkylation sites (tertiary alicyclic amines) is 1. The summed E-state index contributed by atoms with van der Waals surface area (Å²) in [6, 6.07) is 4.65. The number of rotatable bonds is 2. The number of halogens is 1. The molecular formula is C17H23FN2O2. The highest BCUT2D eigenvalue weighted by Gasteiger charge is 2.27. The largest absolute Gasteiger partial charge is 0.396 e. The molecule has 2 N–H and O–H groups in total. The Morgan fingerprint density at radius 2 is 2.23 bits per heavy atom. The van der Waals surface area contributed by atoms with E-state index in [1.807, 2.05) is 6.07 Å². The Morgan fingerprint density at radius 1 is 1.36 bits per heavy atom. The van der Waals surface area contributed by atoms with Gasteiger partial charge in [0.05, 0.1) is 6.04 Å². The standard InChI is InChI=1S/C17H23FN2O2/c18-14-7-6-13-4-1-5-16(15(13)9-14)19-17(22)20-8-2-3-12(10-20)11-21/h6-7,9,12,16,21H,1-5,8,10-11H2,(H,19,22). The summed E-state index contributed by atoms with van der Waals surface area (Å²) >= 11 is 0. The first kappa shape index (κ1) is 15.3. The Balaban J connectivity index is 1.69. The van der Waals surface area contributed by atoms with E-state index >= 15 is 0 Å². The van der Waals surface area contributed by atoms with E-state index in [2.05, 4.69) is 5.32 Å². The zero-order valence-corrected chi connectivity index (χ0v) is 12.7. The predicted molar refractivity (Wildman–Crippen MR) is 82.0 cm³/mol. The van der Waals surface area contributed by atoms with Crippen molar-refractivity contribution in [3.8, 4) is 0 Å². The van der Waals surface area contributed by atoms with Crippen LogP contribution < -0.4 is 5.32 Å². The lowest BCUT2D eigenvalue weighted by molar-refractivity contribution is 0.127. The number of benzene rings is 1. The van der Waals surface area contributed by atoms with E-state index in [9.17, 15) is 14.3 Å². The molecule has 0 aromatic heterocycles. The zero-order chi connectivity index (χ0) is 15.5. The van der Waals surface area contributed by atoms with Gasteiger partial charge >= 0.3 is 6.03 Å². The van der Waals surface area contributed by atoms with Crippen molar-refractivity contribution in [2.75, 3.05) is 19.7 Å². The number of carbonyl (C=O) groups excluding carboxylic acids is 1. The SMILES string of the molecule is O=C(NC1CCCc2ccc(F)cc21)N1CCCC(CO)C1. The van der Waals surface area contributed by atoms with Gasteiger partial charge in [-0.3, -0.25) is 0 Å². The lowest BCUT2D eigenvalue weighted by atomic mass is 9.87. The minimum Gasteiger partial charge on any atom is -0.396 e. The van der Waals surface area contributed by atoms with E-state index in [0.717, 1.165) is 49.8 Å². The third kappa shape index (κ3) is 3.24. The van der Waals surface area contributed by atoms with Crippen LogP contribution in [0, 0.1) is 11.7 Å². The van der Waals surface area contributed by atoms with Crippen molar-refractivity contribution in [1.82, 2.24) is 10.2 Å². The first-order chi connectivity index (χ1) is 10.7. The number of urea groups is 1. The molecule has 3 rings (SSSR count). The molecule has 2 amide bonds. The maximum Gasteiger partial charge on any atom is 0.317 e. The predicted octanol–water partition coefficient (Wildman–Crippen LogP) is 2.62. The monoisotopic (exact) mass is 306 g/mol. The second kappa shape index (κ2) is 6.65. The smallest absolute Gasteiger partial charge is 0.317 e. The molecule has 2 atom stereocenters. The second-order valence-corrected chi connectivity index (χ2v) is 6.37. The van der Waals surface area contributed by atoms with Gasteiger partial charge in [0.2, 0.25) is 0 Å². The third-order valence-electron chi connectivity index (χ3n) is 4.78. The number of nitrogens with zero attached hydrogens (tertiary/aromatic N) is 1. The van der Waals surface area contributed by atoms with Crippen molar-refractivity contribution < 1.29 is 14.3 Å². The van der Waals surface area contributed by atoms with E-state index in [0.29, 0.717) is 6.54 Å². The van der Waals surface area contributed by atoms with Gasteiger partial charge in [0.25, 0.3) is 0 Å². The number of nitrogens with one attached hydrogen (secondary N) is 1. The summed E-state index contributed by atoms with van der Waals surface area (Å²) in [7, 11) is 0. The molecule has 5 heteroatoms. The van der Waals surface area contributed by atoms with Gasteiger partial charge in [0.1, 0.15) is 5.82 Å². The van der Waals surface area contributed by atoms with E-state index < -0.39 is 0 Å². The number of aryl methyl sites for hydroxylation is 1. The number of fused-ring (bicyclic) bond motifs is 1. The number of hydrogen-bond donors (Lipinski definition) is 2. The molecule has 4 nitrogen and oxygen atoms in total. The maximum atomic E-state index is 13.5. The van der Waals surface area contributed by atoms with Crippen LogP contribution in [0.25, 0.3) is 0 Å². The van der Waals surface area contributed by atoms with Crippen molar-refractivity contribution in [3.05, 3.63) is 35.1 Å². The fraction of sp³-hybridized carbons (Fsp3) is 0.588. The molecular weight excluding hydrogens is 283 g/mol. The van der Waals surface area contributed by atoms with Crippen LogP contribution in [-0.4, -0.2) is 35.7 Å². The van der Waals surface area contributed by atoms with Crippen molar-refractivity contribution in [1.29, 1.82) is 0 Å². The van der Waals surface area contributed by atoms with Gasteiger partial charge in [-0.1, -0.05) is 6.07 Å². The molecule has 1 aliphatic carbocycles. The Kier molecular flexibility index (Phi) is 4.62. The molecule has 2 unspecified atom stereocenters. The second-order valence-electron chi connectivity index (χ2n) is 6.37. The van der Waals surface area contributed by atoms with E-state index in [1.54, 1.807) is 11.0 Å². The summed E-state index contributed by atoms with van der Waals surface area (Å²) in [5, 5.41) is 12.3. The number of aliphatic hydroxyl groups is 1. The Bertz CT molecular complexity index is 549. The Labute approximate surface area is 130 Å². The van der Waals surface area contributed by atoms with E-state index in [4.69, 9.17) is 0 Å². The number of amides is 2. The quantitative estimate of drug-likeness (QED) is 0.882. The van der Waals surface area contributed by atoms with Gasteiger partial charge in [-0.25, -0.2) is 9.18 Å². The van der Waals surface area contributed by atoms with Crippen molar-refractivity contribution in [3.63, 3.8) is 0 Å². The van der Waals surface area contributed by atoms with Crippen molar-refractivity contribution in [2.45, 2.75) is 38.1 Å². The highest BCUT2D eigenvalue weighted by atomic mass is 19.1. The molecule has 1 fully saturated rings. The van der Waals surface area contributed by atoms with Crippen LogP contribution in [0.15, 0.2) is 18.2 Å². The maximum absolute atomic E-state index is 13.5. The fourth-order valence-electron chi connectivity index (χ4n) is 3.56. The Hall–Kier alpha value is -1.62. The van der Waals surface area contributed by atoms with Gasteiger partial charge < -0.3 is 15.3 Å². The van der Waals surface area contributed by atoms with Crippen LogP contribution in [0.4, 0.5) is 9.18 Å². The molecule has 1 aromatic rings. The minimum atomic E-state index is -0.252. The highest BCUT2D eigenvalue weighted by Crippen LogP contribution is 2.30.